The van der Waals surface area contributed by atoms with Crippen molar-refractivity contribution in [1.29, 1.82) is 0 Å². The number of thioether (sulfide) groups is 2. The fourth-order valence-corrected chi connectivity index (χ4v) is 5.85. The number of rotatable bonds is 8. The Balaban J connectivity index is 1.46. The molecular weight excluding hydrogens is 466 g/mol. The maximum absolute atomic E-state index is 12.8. The summed E-state index contributed by atoms with van der Waals surface area (Å²) < 4.78 is 1.43. The van der Waals surface area contributed by atoms with Gasteiger partial charge in [0.15, 0.2) is 0 Å². The number of amides is 2. The third kappa shape index (κ3) is 4.45. The van der Waals surface area contributed by atoms with Crippen molar-refractivity contribution >= 4 is 41.3 Å². The molecule has 1 aromatic carbocycles. The second-order valence-corrected chi connectivity index (χ2v) is 9.20. The normalized spacial score (nSPS) is 20.5. The molecule has 3 heterocycles. The molecular formula is C20H19N7O4S2. The van der Waals surface area contributed by atoms with Crippen molar-refractivity contribution in [2.45, 2.75) is 29.2 Å². The van der Waals surface area contributed by atoms with Crippen LogP contribution in [0.5, 0.6) is 0 Å². The van der Waals surface area contributed by atoms with Gasteiger partial charge in [-0.2, -0.15) is 0 Å². The van der Waals surface area contributed by atoms with Crippen LogP contribution in [0, 0.1) is 12.3 Å². The minimum absolute atomic E-state index is 0.0786. The lowest BCUT2D eigenvalue weighted by Gasteiger charge is -2.49. The molecule has 1 unspecified atom stereocenters. The van der Waals surface area contributed by atoms with Crippen molar-refractivity contribution in [3.05, 3.63) is 47.2 Å². The van der Waals surface area contributed by atoms with Crippen molar-refractivity contribution < 1.29 is 19.5 Å². The Morgan fingerprint density at radius 2 is 2.15 bits per heavy atom. The van der Waals surface area contributed by atoms with Gasteiger partial charge in [0.2, 0.25) is 11.1 Å². The molecule has 3 atom stereocenters. The molecule has 170 valence electrons. The number of nitrogens with zero attached hydrogens (tertiary/aromatic N) is 5. The molecule has 1 saturated heterocycles. The average molecular weight is 486 g/mol. The molecule has 1 aromatic heterocycles. The molecule has 0 radical (unpaired) electrons. The Morgan fingerprint density at radius 1 is 1.39 bits per heavy atom. The first kappa shape index (κ1) is 22.8. The third-order valence-electron chi connectivity index (χ3n) is 5.10. The molecule has 0 saturated carbocycles. The number of fused-ring (bicyclic) bond motifs is 1. The zero-order chi connectivity index (χ0) is 23.5. The molecule has 1 fully saturated rings. The summed E-state index contributed by atoms with van der Waals surface area (Å²) in [7, 11) is 0. The highest BCUT2D eigenvalue weighted by Crippen LogP contribution is 2.41. The van der Waals surface area contributed by atoms with Crippen LogP contribution in [0.15, 0.2) is 46.8 Å². The molecule has 0 spiro atoms. The number of tetrazole rings is 1. The summed E-state index contributed by atoms with van der Waals surface area (Å²) in [5.74, 6) is 0.888. The van der Waals surface area contributed by atoms with Gasteiger partial charge in [0.05, 0.1) is 0 Å². The third-order valence-corrected chi connectivity index (χ3v) is 7.49. The maximum Gasteiger partial charge on any atom is 0.352 e. The lowest BCUT2D eigenvalue weighted by Crippen LogP contribution is -2.71. The van der Waals surface area contributed by atoms with Crippen molar-refractivity contribution in [3.8, 4) is 12.3 Å². The number of carbonyl (C=O) groups is 3. The summed E-state index contributed by atoms with van der Waals surface area (Å²) in [5, 5.41) is 23.7. The minimum Gasteiger partial charge on any atom is -0.477 e. The van der Waals surface area contributed by atoms with Crippen LogP contribution in [0.1, 0.15) is 11.6 Å². The molecule has 4 N–H and O–H groups in total. The van der Waals surface area contributed by atoms with E-state index in [4.69, 9.17) is 12.2 Å². The number of hydrogen-bond acceptors (Lipinski definition) is 9. The molecule has 11 nitrogen and oxygen atoms in total. The van der Waals surface area contributed by atoms with E-state index < -0.39 is 35.2 Å². The van der Waals surface area contributed by atoms with Gasteiger partial charge in [-0.05, 0) is 21.6 Å². The Morgan fingerprint density at radius 3 is 2.85 bits per heavy atom. The van der Waals surface area contributed by atoms with E-state index in [1.54, 1.807) is 24.3 Å². The van der Waals surface area contributed by atoms with E-state index in [1.807, 2.05) is 6.07 Å². The monoisotopic (exact) mass is 485 g/mol. The fourth-order valence-electron chi connectivity index (χ4n) is 3.49. The van der Waals surface area contributed by atoms with E-state index in [0.717, 1.165) is 0 Å². The van der Waals surface area contributed by atoms with Crippen molar-refractivity contribution in [2.75, 3.05) is 11.5 Å². The van der Waals surface area contributed by atoms with E-state index in [-0.39, 0.29) is 18.0 Å². The summed E-state index contributed by atoms with van der Waals surface area (Å²) in [6.07, 6.45) is 5.30. The van der Waals surface area contributed by atoms with Gasteiger partial charge in [0.25, 0.3) is 5.91 Å². The van der Waals surface area contributed by atoms with E-state index in [1.165, 1.54) is 33.1 Å². The molecule has 4 rings (SSSR count). The first-order chi connectivity index (χ1) is 15.9. The number of aromatic nitrogens is 4. The maximum atomic E-state index is 12.8. The van der Waals surface area contributed by atoms with Gasteiger partial charge in [0.1, 0.15) is 29.7 Å². The lowest BCUT2D eigenvalue weighted by atomic mass is 10.0. The van der Waals surface area contributed by atoms with Crippen LogP contribution in [0.3, 0.4) is 0 Å². The van der Waals surface area contributed by atoms with E-state index in [0.29, 0.717) is 22.0 Å². The van der Waals surface area contributed by atoms with E-state index in [9.17, 15) is 19.5 Å². The Labute approximate surface area is 197 Å². The topological polar surface area (TPSA) is 156 Å². The highest BCUT2D eigenvalue weighted by molar-refractivity contribution is 8.01. The molecule has 33 heavy (non-hydrogen) atoms. The van der Waals surface area contributed by atoms with Gasteiger partial charge in [0, 0.05) is 11.5 Å². The quantitative estimate of drug-likeness (QED) is 0.261. The number of carboxylic acid groups (broad SMARTS) is 1. The van der Waals surface area contributed by atoms with Gasteiger partial charge >= 0.3 is 5.97 Å². The number of nitrogens with two attached hydrogens (primary N) is 1. The van der Waals surface area contributed by atoms with Crippen molar-refractivity contribution in [3.63, 3.8) is 0 Å². The summed E-state index contributed by atoms with van der Waals surface area (Å²) in [6.45, 7) is 0.189. The number of carboxylic acids is 1. The Kier molecular flexibility index (Phi) is 6.68. The molecule has 2 amide bonds. The van der Waals surface area contributed by atoms with Gasteiger partial charge in [-0.15, -0.1) is 23.3 Å². The molecule has 2 aliphatic rings. The van der Waals surface area contributed by atoms with Crippen molar-refractivity contribution in [1.82, 2.24) is 30.4 Å². The molecule has 13 heteroatoms. The van der Waals surface area contributed by atoms with Crippen LogP contribution < -0.4 is 11.1 Å². The van der Waals surface area contributed by atoms with Crippen LogP contribution >= 0.6 is 23.5 Å². The van der Waals surface area contributed by atoms with Gasteiger partial charge in [-0.3, -0.25) is 14.5 Å². The molecule has 2 aliphatic heterocycles. The fraction of sp³-hybridized carbons (Fsp3) is 0.300. The minimum atomic E-state index is -1.21. The summed E-state index contributed by atoms with van der Waals surface area (Å²) in [5.41, 5.74) is 7.11. The number of terminal acetylenes is 1. The number of β-lactam (4-membered cyclic amide) rings is 1. The predicted octanol–water partition coefficient (Wildman–Crippen LogP) is -0.163. The van der Waals surface area contributed by atoms with Crippen LogP contribution in [0.25, 0.3) is 0 Å². The smallest absolute Gasteiger partial charge is 0.352 e. The first-order valence-electron chi connectivity index (χ1n) is 9.75. The average Bonchev–Trinajstić information content (AvgIpc) is 3.27. The second kappa shape index (κ2) is 9.65. The molecule has 0 aliphatic carbocycles. The van der Waals surface area contributed by atoms with Crippen LogP contribution in [-0.4, -0.2) is 70.9 Å². The number of carbonyl (C=O) groups excluding carboxylic acids is 2. The van der Waals surface area contributed by atoms with Gasteiger partial charge in [-0.25, -0.2) is 9.48 Å². The highest BCUT2D eigenvalue weighted by atomic mass is 32.2. The van der Waals surface area contributed by atoms with Crippen LogP contribution in [0.2, 0.25) is 0 Å². The second-order valence-electron chi connectivity index (χ2n) is 7.15. The van der Waals surface area contributed by atoms with Gasteiger partial charge < -0.3 is 16.2 Å². The summed E-state index contributed by atoms with van der Waals surface area (Å²) in [6, 6.07) is 7.02. The number of nitrogens with one attached hydrogen (secondary N) is 1. The number of benzene rings is 1. The van der Waals surface area contributed by atoms with Crippen LogP contribution in [-0.2, 0) is 20.9 Å². The summed E-state index contributed by atoms with van der Waals surface area (Å²) >= 11 is 2.61. The number of hydrogen-bond donors (Lipinski definition) is 3. The van der Waals surface area contributed by atoms with Crippen molar-refractivity contribution in [2.24, 2.45) is 5.73 Å². The zero-order valence-electron chi connectivity index (χ0n) is 17.1. The zero-order valence-corrected chi connectivity index (χ0v) is 18.8. The van der Waals surface area contributed by atoms with E-state index in [2.05, 4.69) is 26.8 Å². The summed E-state index contributed by atoms with van der Waals surface area (Å²) in [4.78, 5) is 38.6. The SMILES string of the molecule is C#CCn1nnnc1SCC1=C(C(=O)O)N2C(=O)C(NC(=O)[C@@H](N)c3ccccc3)[C@@H]2SC1. The standard InChI is InChI=1S/C20H19N7O4S2/c1-2-8-26-20(23-24-25-26)33-10-12-9-32-18-14(17(29)27(18)15(12)19(30)31)22-16(28)13(21)11-6-4-3-5-7-11/h1,3-7,13-14,18H,8-10,21H2,(H,22,28)(H,30,31)/t13-,14?,18-/m0/s1. The highest BCUT2D eigenvalue weighted by Gasteiger charge is 2.54. The Hall–Kier alpha value is -3.34. The van der Waals surface area contributed by atoms with Gasteiger partial charge in [-0.1, -0.05) is 48.0 Å². The molecule has 0 bridgehead atoms. The largest absolute Gasteiger partial charge is 0.477 e. The van der Waals surface area contributed by atoms with E-state index >= 15 is 0 Å². The molecule has 2 aromatic rings. The number of aliphatic carboxylic acids is 1. The first-order valence-corrected chi connectivity index (χ1v) is 11.8. The Bertz CT molecular complexity index is 1160. The lowest BCUT2D eigenvalue weighted by molar-refractivity contribution is -0.150. The van der Waals surface area contributed by atoms with Crippen LogP contribution in [0.4, 0.5) is 0 Å². The predicted molar refractivity (Wildman–Crippen MR) is 120 cm³/mol.